The fraction of sp³-hybridized carbons (Fsp3) is 0.433. The van der Waals surface area contributed by atoms with E-state index in [1.807, 2.05) is 0 Å². The quantitative estimate of drug-likeness (QED) is 0.148. The zero-order valence-electron chi connectivity index (χ0n) is 20.5. The Morgan fingerprint density at radius 3 is 2.39 bits per heavy atom. The van der Waals surface area contributed by atoms with Gasteiger partial charge in [-0.3, -0.25) is 0 Å². The number of isothiocyanates is 1. The molecule has 6 heteroatoms. The van der Waals surface area contributed by atoms with Gasteiger partial charge in [-0.15, -0.1) is 0 Å². The Morgan fingerprint density at radius 2 is 1.75 bits per heavy atom. The van der Waals surface area contributed by atoms with Crippen LogP contribution in [0.3, 0.4) is 0 Å². The number of rotatable bonds is 8. The van der Waals surface area contributed by atoms with Crippen LogP contribution in [-0.4, -0.2) is 11.3 Å². The first-order valence-corrected chi connectivity index (χ1v) is 13.2. The van der Waals surface area contributed by atoms with E-state index in [1.165, 1.54) is 37.8 Å². The average Bonchev–Trinajstić information content (AvgIpc) is 2.87. The molecule has 2 atom stereocenters. The molecule has 1 nitrogen and oxygen atoms in total. The maximum absolute atomic E-state index is 16.1. The number of hydrogen-bond donors (Lipinski definition) is 0. The third-order valence-corrected chi connectivity index (χ3v) is 7.77. The molecule has 0 aliphatic heterocycles. The summed E-state index contributed by atoms with van der Waals surface area (Å²) in [6.07, 6.45) is 9.32. The van der Waals surface area contributed by atoms with Crippen molar-refractivity contribution in [2.45, 2.75) is 70.0 Å². The molecule has 0 amide bonds. The molecule has 0 saturated heterocycles. The van der Waals surface area contributed by atoms with Crippen LogP contribution in [0.2, 0.25) is 0 Å². The standard InChI is InChI=1S/C30H31F4NS/c1-2-3-5-8-20-11-13-21(14-12-20)23-15-27(33)30(35-19-36,28(34)16-23)25-17-24(31)18-26(32)29(25)22-9-6-4-7-10-22/h4,6-7,9-10,15-18,20-21,27H,2-3,5,8,11-14H2,1H3/t20-,21-,27?,30?. The van der Waals surface area contributed by atoms with E-state index in [0.29, 0.717) is 23.1 Å². The summed E-state index contributed by atoms with van der Waals surface area (Å²) >= 11 is 4.76. The zero-order valence-corrected chi connectivity index (χ0v) is 21.3. The van der Waals surface area contributed by atoms with Crippen LogP contribution in [0.4, 0.5) is 17.6 Å². The van der Waals surface area contributed by atoms with Gasteiger partial charge in [0.05, 0.1) is 5.16 Å². The zero-order chi connectivity index (χ0) is 25.7. The smallest absolute Gasteiger partial charge is 0.182 e. The van der Waals surface area contributed by atoms with Crippen molar-refractivity contribution in [1.82, 2.24) is 0 Å². The van der Waals surface area contributed by atoms with Gasteiger partial charge in [-0.1, -0.05) is 62.9 Å². The molecule has 0 N–H and O–H groups in total. The van der Waals surface area contributed by atoms with E-state index in [2.05, 4.69) is 17.1 Å². The summed E-state index contributed by atoms with van der Waals surface area (Å²) in [5, 5.41) is 2.09. The van der Waals surface area contributed by atoms with E-state index in [9.17, 15) is 4.39 Å². The Balaban J connectivity index is 1.69. The number of alkyl halides is 1. The van der Waals surface area contributed by atoms with Crippen LogP contribution in [0.25, 0.3) is 11.1 Å². The van der Waals surface area contributed by atoms with Crippen molar-refractivity contribution in [3.8, 4) is 11.1 Å². The molecule has 0 heterocycles. The number of thiocarbonyl (C=S) groups is 1. The van der Waals surface area contributed by atoms with Gasteiger partial charge in [0.1, 0.15) is 17.5 Å². The van der Waals surface area contributed by atoms with E-state index in [1.54, 1.807) is 30.3 Å². The van der Waals surface area contributed by atoms with Crippen LogP contribution in [0.15, 0.2) is 71.0 Å². The lowest BCUT2D eigenvalue weighted by Crippen LogP contribution is -2.38. The lowest BCUT2D eigenvalue weighted by molar-refractivity contribution is 0.229. The van der Waals surface area contributed by atoms with Gasteiger partial charge in [-0.25, -0.2) is 22.6 Å². The lowest BCUT2D eigenvalue weighted by atomic mass is 9.72. The van der Waals surface area contributed by atoms with Crippen LogP contribution in [0.5, 0.6) is 0 Å². The van der Waals surface area contributed by atoms with E-state index < -0.39 is 29.2 Å². The highest BCUT2D eigenvalue weighted by Gasteiger charge is 2.49. The molecule has 0 bridgehead atoms. The third kappa shape index (κ3) is 5.26. The van der Waals surface area contributed by atoms with Gasteiger partial charge in [-0.05, 0) is 79.1 Å². The van der Waals surface area contributed by atoms with Crippen molar-refractivity contribution in [1.29, 1.82) is 0 Å². The second kappa shape index (κ2) is 11.7. The molecule has 190 valence electrons. The maximum Gasteiger partial charge on any atom is 0.182 e. The van der Waals surface area contributed by atoms with E-state index in [0.717, 1.165) is 31.7 Å². The van der Waals surface area contributed by atoms with Crippen molar-refractivity contribution >= 4 is 17.4 Å². The summed E-state index contributed by atoms with van der Waals surface area (Å²) in [7, 11) is 0. The summed E-state index contributed by atoms with van der Waals surface area (Å²) in [5.74, 6) is -2.08. The summed E-state index contributed by atoms with van der Waals surface area (Å²) in [5.41, 5.74) is -1.75. The number of allylic oxidation sites excluding steroid dienone is 2. The first-order valence-electron chi connectivity index (χ1n) is 12.8. The summed E-state index contributed by atoms with van der Waals surface area (Å²) in [4.78, 5) is 3.92. The van der Waals surface area contributed by atoms with Gasteiger partial charge >= 0.3 is 0 Å². The number of nitrogens with zero attached hydrogens (tertiary/aromatic N) is 1. The summed E-state index contributed by atoms with van der Waals surface area (Å²) in [6, 6.07) is 9.95. The molecule has 0 spiro atoms. The SMILES string of the molecule is CCCCC[C@H]1CC[C@H](C2=CC(F)C(N=C=S)(c3cc(F)cc(F)c3-c3ccccc3)C(F)=C2)CC1. The van der Waals surface area contributed by atoms with Gasteiger partial charge in [0.2, 0.25) is 0 Å². The van der Waals surface area contributed by atoms with Gasteiger partial charge in [-0.2, -0.15) is 0 Å². The van der Waals surface area contributed by atoms with Gasteiger partial charge in [0.15, 0.2) is 11.7 Å². The molecule has 1 fully saturated rings. The van der Waals surface area contributed by atoms with Crippen LogP contribution in [0, 0.1) is 23.5 Å². The van der Waals surface area contributed by atoms with Gasteiger partial charge in [0.25, 0.3) is 0 Å². The average molecular weight is 514 g/mol. The Morgan fingerprint density at radius 1 is 1.03 bits per heavy atom. The molecular weight excluding hydrogens is 482 g/mol. The van der Waals surface area contributed by atoms with Gasteiger partial charge < -0.3 is 0 Å². The molecule has 36 heavy (non-hydrogen) atoms. The Hall–Kier alpha value is -2.56. The second-order valence-corrected chi connectivity index (χ2v) is 10.1. The van der Waals surface area contributed by atoms with Crippen molar-refractivity contribution < 1.29 is 17.6 Å². The van der Waals surface area contributed by atoms with Crippen LogP contribution >= 0.6 is 12.2 Å². The highest BCUT2D eigenvalue weighted by molar-refractivity contribution is 7.78. The molecule has 2 aliphatic rings. The van der Waals surface area contributed by atoms with Crippen molar-refractivity contribution in [3.05, 3.63) is 83.2 Å². The van der Waals surface area contributed by atoms with Gasteiger partial charge in [0, 0.05) is 17.2 Å². The predicted octanol–water partition coefficient (Wildman–Crippen LogP) is 9.45. The van der Waals surface area contributed by atoms with Crippen molar-refractivity contribution in [2.24, 2.45) is 16.8 Å². The van der Waals surface area contributed by atoms with E-state index in [-0.39, 0.29) is 17.0 Å². The predicted molar refractivity (Wildman–Crippen MR) is 140 cm³/mol. The molecule has 0 radical (unpaired) electrons. The van der Waals surface area contributed by atoms with Crippen LogP contribution in [-0.2, 0) is 5.54 Å². The third-order valence-electron chi connectivity index (χ3n) is 7.68. The lowest BCUT2D eigenvalue weighted by Gasteiger charge is -2.37. The van der Waals surface area contributed by atoms with Crippen molar-refractivity contribution in [3.63, 3.8) is 0 Å². The monoisotopic (exact) mass is 513 g/mol. The molecular formula is C30H31F4NS. The van der Waals surface area contributed by atoms with Crippen LogP contribution < -0.4 is 0 Å². The van der Waals surface area contributed by atoms with Crippen LogP contribution in [0.1, 0.15) is 63.9 Å². The second-order valence-electron chi connectivity index (χ2n) is 9.92. The fourth-order valence-electron chi connectivity index (χ4n) is 5.74. The molecule has 2 aromatic rings. The summed E-state index contributed by atoms with van der Waals surface area (Å²) < 4.78 is 61.7. The highest BCUT2D eigenvalue weighted by atomic mass is 32.1. The fourth-order valence-corrected chi connectivity index (χ4v) is 5.89. The first kappa shape index (κ1) is 26.5. The molecule has 2 unspecified atom stereocenters. The Kier molecular flexibility index (Phi) is 8.58. The molecule has 4 rings (SSSR count). The Bertz CT molecular complexity index is 1180. The Labute approximate surface area is 216 Å². The first-order chi connectivity index (χ1) is 17.4. The molecule has 0 aromatic heterocycles. The number of halogens is 4. The number of hydrogen-bond acceptors (Lipinski definition) is 2. The molecule has 2 aromatic carbocycles. The largest absolute Gasteiger partial charge is 0.239 e. The maximum atomic E-state index is 16.1. The number of aliphatic imine (C=N–C) groups is 1. The highest BCUT2D eigenvalue weighted by Crippen LogP contribution is 2.50. The summed E-state index contributed by atoms with van der Waals surface area (Å²) in [6.45, 7) is 2.19. The minimum Gasteiger partial charge on any atom is -0.239 e. The minimum atomic E-state index is -2.34. The van der Waals surface area contributed by atoms with E-state index in [4.69, 9.17) is 12.2 Å². The van der Waals surface area contributed by atoms with Crippen molar-refractivity contribution in [2.75, 3.05) is 0 Å². The van der Waals surface area contributed by atoms with E-state index >= 15 is 13.2 Å². The number of benzene rings is 2. The number of unbranched alkanes of at least 4 members (excludes halogenated alkanes) is 2. The minimum absolute atomic E-state index is 0.0451. The molecule has 1 saturated carbocycles. The normalized spacial score (nSPS) is 26.1. The topological polar surface area (TPSA) is 12.4 Å². The molecule has 2 aliphatic carbocycles.